The monoisotopic (exact) mass is 248 g/mol. The highest BCUT2D eigenvalue weighted by Gasteiger charge is 2.96. The van der Waals surface area contributed by atoms with Crippen LogP contribution >= 0.6 is 0 Å². The van der Waals surface area contributed by atoms with Gasteiger partial charge in [0.15, 0.2) is 0 Å². The van der Waals surface area contributed by atoms with Crippen LogP contribution in [0.15, 0.2) is 0 Å². The number of rotatable bonds is 2. The molecule has 0 spiro atoms. The molecule has 7 saturated carbocycles. The Hall–Kier alpha value is -1.20. The van der Waals surface area contributed by atoms with Crippen molar-refractivity contribution >= 4 is 0 Å². The van der Waals surface area contributed by atoms with E-state index in [1.54, 1.807) is 0 Å². The van der Waals surface area contributed by atoms with Gasteiger partial charge in [-0.05, 0) is 35.5 Å². The highest BCUT2D eigenvalue weighted by atomic mass is 16.6. The Morgan fingerprint density at radius 3 is 0.944 bits per heavy atom. The van der Waals surface area contributed by atoms with Crippen LogP contribution in [0.1, 0.15) is 0 Å². The molecule has 94 valence electrons. The largest absolute Gasteiger partial charge is 0.264 e. The molecule has 7 aliphatic rings. The van der Waals surface area contributed by atoms with Gasteiger partial charge in [-0.1, -0.05) is 0 Å². The second-order valence-corrected chi connectivity index (χ2v) is 7.33. The maximum Gasteiger partial charge on any atom is 0.219 e. The standard InChI is InChI=1S/C12H12N2O4/c15-13(16)11-7-1-2-4-3(1)9(11)6-5(7)8(2)12(10(4)6)14(17)18/h1-12H/t1?,2?,3?,4?,5?,6?,7-,8-,9-,10-,11?,12?/m0/s1. The Bertz CT molecular complexity index is 462. The lowest BCUT2D eigenvalue weighted by atomic mass is 9.60. The smallest absolute Gasteiger partial charge is 0.219 e. The van der Waals surface area contributed by atoms with Crippen molar-refractivity contribution in [2.45, 2.75) is 12.1 Å². The van der Waals surface area contributed by atoms with Gasteiger partial charge >= 0.3 is 0 Å². The predicted octanol–water partition coefficient (Wildman–Crippen LogP) is 0.521. The van der Waals surface area contributed by atoms with Gasteiger partial charge in [0, 0.05) is 33.5 Å². The van der Waals surface area contributed by atoms with E-state index in [0.717, 1.165) is 0 Å². The van der Waals surface area contributed by atoms with Crippen LogP contribution in [0.2, 0.25) is 0 Å². The highest BCUT2D eigenvalue weighted by molar-refractivity contribution is 5.38. The van der Waals surface area contributed by atoms with E-state index in [1.807, 2.05) is 0 Å². The summed E-state index contributed by atoms with van der Waals surface area (Å²) in [6.07, 6.45) is 0. The summed E-state index contributed by atoms with van der Waals surface area (Å²) in [5.41, 5.74) is 0. The molecule has 0 saturated heterocycles. The van der Waals surface area contributed by atoms with Crippen molar-refractivity contribution in [3.63, 3.8) is 0 Å². The quantitative estimate of drug-likeness (QED) is 0.526. The molecule has 6 nitrogen and oxygen atoms in total. The maximum absolute atomic E-state index is 11.3. The molecule has 4 bridgehead atoms. The first-order valence-electron chi connectivity index (χ1n) is 6.91. The van der Waals surface area contributed by atoms with Crippen LogP contribution < -0.4 is 0 Å². The van der Waals surface area contributed by atoms with Crippen molar-refractivity contribution in [2.24, 2.45) is 59.2 Å². The van der Waals surface area contributed by atoms with Gasteiger partial charge in [-0.2, -0.15) is 0 Å². The lowest BCUT2D eigenvalue weighted by Gasteiger charge is -2.43. The molecule has 6 heteroatoms. The van der Waals surface area contributed by atoms with Crippen LogP contribution in [0.3, 0.4) is 0 Å². The fourth-order valence-electron chi connectivity index (χ4n) is 8.40. The molecule has 7 aliphatic carbocycles. The van der Waals surface area contributed by atoms with Crippen molar-refractivity contribution in [2.75, 3.05) is 0 Å². The molecule has 0 N–H and O–H groups in total. The normalized spacial score (nSPS) is 74.4. The summed E-state index contributed by atoms with van der Waals surface area (Å²) in [7, 11) is 0. The Kier molecular flexibility index (Phi) is 1.02. The fourth-order valence-corrected chi connectivity index (χ4v) is 8.40. The Morgan fingerprint density at radius 2 is 0.722 bits per heavy atom. The van der Waals surface area contributed by atoms with Gasteiger partial charge < -0.3 is 0 Å². The molecule has 7 fully saturated rings. The summed E-state index contributed by atoms with van der Waals surface area (Å²) in [6, 6.07) is -0.685. The van der Waals surface area contributed by atoms with Crippen LogP contribution in [-0.2, 0) is 0 Å². The molecular weight excluding hydrogens is 236 g/mol. The summed E-state index contributed by atoms with van der Waals surface area (Å²) in [6.45, 7) is 0. The summed E-state index contributed by atoms with van der Waals surface area (Å²) >= 11 is 0. The molecule has 0 unspecified atom stereocenters. The van der Waals surface area contributed by atoms with Gasteiger partial charge in [-0.3, -0.25) is 20.2 Å². The zero-order valence-corrected chi connectivity index (χ0v) is 9.46. The molecular formula is C12H12N2O4. The predicted molar refractivity (Wildman–Crippen MR) is 56.5 cm³/mol. The van der Waals surface area contributed by atoms with Gasteiger partial charge in [0.2, 0.25) is 12.1 Å². The minimum absolute atomic E-state index is 0.0496. The van der Waals surface area contributed by atoms with E-state index in [2.05, 4.69) is 0 Å². The van der Waals surface area contributed by atoms with E-state index in [-0.39, 0.29) is 45.6 Å². The van der Waals surface area contributed by atoms with Crippen LogP contribution in [0.25, 0.3) is 0 Å². The molecule has 0 aromatic carbocycles. The molecule has 0 aromatic heterocycles. The SMILES string of the molecule is O=[N+]([O-])C1[C@H]2C3C4C5C3[C@H]3C2C([C@H]41)[C@H]5C3[N+](=O)[O-]. The van der Waals surface area contributed by atoms with E-state index in [0.29, 0.717) is 35.5 Å². The van der Waals surface area contributed by atoms with Crippen LogP contribution in [0.4, 0.5) is 0 Å². The van der Waals surface area contributed by atoms with Gasteiger partial charge in [-0.15, -0.1) is 0 Å². The highest BCUT2D eigenvalue weighted by Crippen LogP contribution is 2.91. The number of hydrogen-bond acceptors (Lipinski definition) is 4. The molecule has 7 rings (SSSR count). The second-order valence-electron chi connectivity index (χ2n) is 7.33. The first kappa shape index (κ1) is 8.82. The van der Waals surface area contributed by atoms with Gasteiger partial charge in [0.25, 0.3) is 0 Å². The van der Waals surface area contributed by atoms with E-state index in [4.69, 9.17) is 0 Å². The van der Waals surface area contributed by atoms with Crippen molar-refractivity contribution in [3.05, 3.63) is 20.2 Å². The third-order valence-corrected chi connectivity index (χ3v) is 7.84. The summed E-state index contributed by atoms with van der Waals surface area (Å²) in [5.74, 6) is 3.51. The lowest BCUT2D eigenvalue weighted by molar-refractivity contribution is -0.541. The third-order valence-electron chi connectivity index (χ3n) is 7.84. The summed E-state index contributed by atoms with van der Waals surface area (Å²) in [5, 5.41) is 22.6. The molecule has 4 atom stereocenters. The molecule has 0 heterocycles. The van der Waals surface area contributed by atoms with Gasteiger partial charge in [-0.25, -0.2) is 0 Å². The van der Waals surface area contributed by atoms with E-state index in [1.165, 1.54) is 0 Å². The van der Waals surface area contributed by atoms with Gasteiger partial charge in [0.05, 0.1) is 0 Å². The fraction of sp³-hybridized carbons (Fsp3) is 1.00. The molecule has 0 aliphatic heterocycles. The molecule has 0 radical (unpaired) electrons. The maximum atomic E-state index is 11.3. The first-order chi connectivity index (χ1) is 8.64. The number of nitrogens with zero attached hydrogens (tertiary/aromatic N) is 2. The second kappa shape index (κ2) is 2.08. The summed E-state index contributed by atoms with van der Waals surface area (Å²) in [4.78, 5) is 22.5. The topological polar surface area (TPSA) is 86.3 Å². The summed E-state index contributed by atoms with van der Waals surface area (Å²) < 4.78 is 0. The zero-order chi connectivity index (χ0) is 12.1. The third kappa shape index (κ3) is 0.504. The lowest BCUT2D eigenvalue weighted by Crippen LogP contribution is -2.41. The van der Waals surface area contributed by atoms with E-state index in [9.17, 15) is 20.2 Å². The van der Waals surface area contributed by atoms with Gasteiger partial charge in [0.1, 0.15) is 0 Å². The average molecular weight is 248 g/mol. The first-order valence-corrected chi connectivity index (χ1v) is 6.91. The Labute approximate surface area is 102 Å². The Morgan fingerprint density at radius 1 is 0.500 bits per heavy atom. The number of hydrogen-bond donors (Lipinski definition) is 0. The van der Waals surface area contributed by atoms with Crippen LogP contribution in [0.5, 0.6) is 0 Å². The zero-order valence-electron chi connectivity index (χ0n) is 9.46. The van der Waals surface area contributed by atoms with E-state index >= 15 is 0 Å². The van der Waals surface area contributed by atoms with Crippen molar-refractivity contribution in [1.82, 2.24) is 0 Å². The van der Waals surface area contributed by atoms with Crippen molar-refractivity contribution in [1.29, 1.82) is 0 Å². The molecule has 0 amide bonds. The van der Waals surface area contributed by atoms with Crippen molar-refractivity contribution < 1.29 is 9.85 Å². The molecule has 0 aromatic rings. The average Bonchev–Trinajstić information content (AvgIpc) is 2.84. The van der Waals surface area contributed by atoms with Crippen molar-refractivity contribution in [3.8, 4) is 0 Å². The number of nitro groups is 2. The minimum atomic E-state index is -0.342. The van der Waals surface area contributed by atoms with E-state index < -0.39 is 0 Å². The van der Waals surface area contributed by atoms with Crippen LogP contribution in [0, 0.1) is 79.4 Å². The van der Waals surface area contributed by atoms with Crippen LogP contribution in [-0.4, -0.2) is 21.9 Å². The molecule has 18 heavy (non-hydrogen) atoms. The Balaban J connectivity index is 1.59. The minimum Gasteiger partial charge on any atom is -0.264 e.